The van der Waals surface area contributed by atoms with Gasteiger partial charge in [-0.1, -0.05) is 13.8 Å². The Morgan fingerprint density at radius 1 is 1.23 bits per heavy atom. The number of ether oxygens (including phenoxy) is 2. The van der Waals surface area contributed by atoms with Gasteiger partial charge in [0.15, 0.2) is 11.5 Å². The van der Waals surface area contributed by atoms with Crippen LogP contribution >= 0.6 is 0 Å². The van der Waals surface area contributed by atoms with Gasteiger partial charge >= 0.3 is 0 Å². The molecule has 0 unspecified atom stereocenters. The molecule has 4 heteroatoms. The lowest BCUT2D eigenvalue weighted by Gasteiger charge is -2.34. The molecule has 0 saturated carbocycles. The van der Waals surface area contributed by atoms with Gasteiger partial charge in [0.1, 0.15) is 6.29 Å². The van der Waals surface area contributed by atoms with Crippen LogP contribution in [0.2, 0.25) is 0 Å². The number of piperidine rings is 1. The number of likely N-dealkylation sites (tertiary alicyclic amines) is 1. The van der Waals surface area contributed by atoms with Gasteiger partial charge < -0.3 is 14.4 Å². The van der Waals surface area contributed by atoms with Crippen LogP contribution in [0.5, 0.6) is 11.5 Å². The summed E-state index contributed by atoms with van der Waals surface area (Å²) in [7, 11) is 1.59. The molecule has 1 saturated heterocycles. The van der Waals surface area contributed by atoms with Gasteiger partial charge in [0.25, 0.3) is 0 Å². The predicted molar refractivity (Wildman–Crippen MR) is 87.9 cm³/mol. The smallest absolute Gasteiger partial charge is 0.161 e. The van der Waals surface area contributed by atoms with E-state index in [-0.39, 0.29) is 0 Å². The minimum absolute atomic E-state index is 0.598. The first-order valence-electron chi connectivity index (χ1n) is 8.10. The van der Waals surface area contributed by atoms with Crippen molar-refractivity contribution in [3.63, 3.8) is 0 Å². The first kappa shape index (κ1) is 16.8. The number of hydrogen-bond acceptors (Lipinski definition) is 4. The van der Waals surface area contributed by atoms with Crippen molar-refractivity contribution in [1.82, 2.24) is 4.90 Å². The number of hydrogen-bond donors (Lipinski definition) is 0. The number of nitrogens with zero attached hydrogens (tertiary/aromatic N) is 1. The van der Waals surface area contributed by atoms with Crippen molar-refractivity contribution in [2.24, 2.45) is 11.8 Å². The molecule has 1 aliphatic heterocycles. The minimum atomic E-state index is 0.598. The van der Waals surface area contributed by atoms with Gasteiger partial charge in [-0.2, -0.15) is 0 Å². The van der Waals surface area contributed by atoms with Gasteiger partial charge in [-0.25, -0.2) is 0 Å². The summed E-state index contributed by atoms with van der Waals surface area (Å²) in [6.45, 7) is 8.79. The molecular weight excluding hydrogens is 278 g/mol. The largest absolute Gasteiger partial charge is 0.493 e. The molecule has 122 valence electrons. The van der Waals surface area contributed by atoms with Crippen LogP contribution in [0.3, 0.4) is 0 Å². The summed E-state index contributed by atoms with van der Waals surface area (Å²) in [6, 6.07) is 5.25. The molecule has 22 heavy (non-hydrogen) atoms. The Morgan fingerprint density at radius 3 is 2.59 bits per heavy atom. The average Bonchev–Trinajstić information content (AvgIpc) is 2.50. The molecule has 1 aromatic carbocycles. The molecule has 2 atom stereocenters. The normalized spacial score (nSPS) is 22.3. The summed E-state index contributed by atoms with van der Waals surface area (Å²) < 4.78 is 11.1. The summed E-state index contributed by atoms with van der Waals surface area (Å²) in [4.78, 5) is 13.3. The van der Waals surface area contributed by atoms with Crippen LogP contribution in [0.4, 0.5) is 0 Å². The highest BCUT2D eigenvalue weighted by molar-refractivity contribution is 5.76. The molecule has 1 heterocycles. The molecule has 4 nitrogen and oxygen atoms in total. The third-order valence-electron chi connectivity index (χ3n) is 4.14. The Balaban J connectivity index is 1.78. The highest BCUT2D eigenvalue weighted by Gasteiger charge is 2.21. The van der Waals surface area contributed by atoms with Gasteiger partial charge in [-0.15, -0.1) is 0 Å². The van der Waals surface area contributed by atoms with Gasteiger partial charge in [0.05, 0.1) is 13.7 Å². The zero-order valence-corrected chi connectivity index (χ0v) is 13.9. The zero-order chi connectivity index (χ0) is 15.9. The van der Waals surface area contributed by atoms with Crippen molar-refractivity contribution < 1.29 is 14.3 Å². The van der Waals surface area contributed by atoms with Gasteiger partial charge in [0.2, 0.25) is 0 Å². The summed E-state index contributed by atoms with van der Waals surface area (Å²) in [5.41, 5.74) is 0.598. The number of methoxy groups -OCH3 is 1. The van der Waals surface area contributed by atoms with E-state index in [2.05, 4.69) is 18.7 Å². The lowest BCUT2D eigenvalue weighted by molar-refractivity contribution is 0.112. The maximum atomic E-state index is 10.8. The summed E-state index contributed by atoms with van der Waals surface area (Å²) >= 11 is 0. The van der Waals surface area contributed by atoms with E-state index in [0.717, 1.165) is 31.1 Å². The van der Waals surface area contributed by atoms with E-state index in [1.165, 1.54) is 19.5 Å². The van der Waals surface area contributed by atoms with Crippen molar-refractivity contribution >= 4 is 6.29 Å². The number of carbonyl (C=O) groups is 1. The molecule has 0 aliphatic carbocycles. The van der Waals surface area contributed by atoms with Crippen molar-refractivity contribution in [1.29, 1.82) is 0 Å². The quantitative estimate of drug-likeness (QED) is 0.572. The highest BCUT2D eigenvalue weighted by atomic mass is 16.5. The van der Waals surface area contributed by atoms with Crippen molar-refractivity contribution in [3.8, 4) is 11.5 Å². The Bertz CT molecular complexity index is 479. The van der Waals surface area contributed by atoms with E-state index in [9.17, 15) is 4.79 Å². The third kappa shape index (κ3) is 4.73. The van der Waals surface area contributed by atoms with Crippen LogP contribution in [0, 0.1) is 11.8 Å². The van der Waals surface area contributed by atoms with E-state index in [0.29, 0.717) is 23.7 Å². The SMILES string of the molecule is COc1cc(C=O)ccc1OCCCN1C[C@H](C)C[C@H](C)C1. The van der Waals surface area contributed by atoms with Crippen LogP contribution in [0.15, 0.2) is 18.2 Å². The summed E-state index contributed by atoms with van der Waals surface area (Å²) in [5.74, 6) is 2.90. The minimum Gasteiger partial charge on any atom is -0.493 e. The van der Waals surface area contributed by atoms with Crippen LogP contribution in [0.1, 0.15) is 37.0 Å². The third-order valence-corrected chi connectivity index (χ3v) is 4.14. The zero-order valence-electron chi connectivity index (χ0n) is 13.9. The lowest BCUT2D eigenvalue weighted by atomic mass is 9.92. The lowest BCUT2D eigenvalue weighted by Crippen LogP contribution is -2.39. The van der Waals surface area contributed by atoms with Crippen molar-refractivity contribution in [2.45, 2.75) is 26.7 Å². The van der Waals surface area contributed by atoms with Crippen LogP contribution in [0.25, 0.3) is 0 Å². The molecule has 1 aliphatic rings. The van der Waals surface area contributed by atoms with Crippen LogP contribution in [-0.2, 0) is 0 Å². The molecule has 0 N–H and O–H groups in total. The average molecular weight is 305 g/mol. The number of benzene rings is 1. The number of rotatable bonds is 7. The molecule has 2 rings (SSSR count). The van der Waals surface area contributed by atoms with Crippen LogP contribution in [-0.4, -0.2) is 44.5 Å². The molecule has 0 aromatic heterocycles. The first-order chi connectivity index (χ1) is 10.6. The summed E-state index contributed by atoms with van der Waals surface area (Å²) in [5, 5.41) is 0. The molecule has 0 spiro atoms. The molecule has 1 aromatic rings. The predicted octanol–water partition coefficient (Wildman–Crippen LogP) is 3.25. The first-order valence-corrected chi connectivity index (χ1v) is 8.10. The monoisotopic (exact) mass is 305 g/mol. The highest BCUT2D eigenvalue weighted by Crippen LogP contribution is 2.27. The topological polar surface area (TPSA) is 38.8 Å². The number of carbonyl (C=O) groups excluding carboxylic acids is 1. The van der Waals surface area contributed by atoms with E-state index in [4.69, 9.17) is 9.47 Å². The Hall–Kier alpha value is -1.55. The molecule has 0 radical (unpaired) electrons. The number of aldehydes is 1. The maximum Gasteiger partial charge on any atom is 0.161 e. The second kappa shape index (κ2) is 8.18. The second-order valence-corrected chi connectivity index (χ2v) is 6.44. The van der Waals surface area contributed by atoms with Gasteiger partial charge in [-0.3, -0.25) is 4.79 Å². The van der Waals surface area contributed by atoms with E-state index < -0.39 is 0 Å². The fraction of sp³-hybridized carbons (Fsp3) is 0.611. The van der Waals surface area contributed by atoms with Gasteiger partial charge in [0, 0.05) is 25.2 Å². The fourth-order valence-electron chi connectivity index (χ4n) is 3.32. The van der Waals surface area contributed by atoms with Gasteiger partial charge in [-0.05, 0) is 42.9 Å². The van der Waals surface area contributed by atoms with E-state index in [1.54, 1.807) is 25.3 Å². The Kier molecular flexibility index (Phi) is 6.25. The van der Waals surface area contributed by atoms with Crippen LogP contribution < -0.4 is 9.47 Å². The Morgan fingerprint density at radius 2 is 1.95 bits per heavy atom. The maximum absolute atomic E-state index is 10.8. The van der Waals surface area contributed by atoms with E-state index >= 15 is 0 Å². The second-order valence-electron chi connectivity index (χ2n) is 6.44. The fourth-order valence-corrected chi connectivity index (χ4v) is 3.32. The van der Waals surface area contributed by atoms with Crippen molar-refractivity contribution in [3.05, 3.63) is 23.8 Å². The van der Waals surface area contributed by atoms with E-state index in [1.807, 2.05) is 0 Å². The van der Waals surface area contributed by atoms with Crippen molar-refractivity contribution in [2.75, 3.05) is 33.4 Å². The molecular formula is C18H27NO3. The molecule has 1 fully saturated rings. The Labute approximate surface area is 133 Å². The molecule has 0 bridgehead atoms. The molecule has 0 amide bonds. The standard InChI is InChI=1S/C18H27NO3/c1-14-9-15(2)12-19(11-14)7-4-8-22-17-6-5-16(13-20)10-18(17)21-3/h5-6,10,13-15H,4,7-9,11-12H2,1-3H3/t14-,15+. The summed E-state index contributed by atoms with van der Waals surface area (Å²) in [6.07, 6.45) is 3.15.